The lowest BCUT2D eigenvalue weighted by molar-refractivity contribution is 0.139. The highest BCUT2D eigenvalue weighted by Gasteiger charge is 2.22. The van der Waals surface area contributed by atoms with E-state index in [1.165, 1.54) is 37.6 Å². The molecular formula is C18H33N5S. The Balaban J connectivity index is 1.68. The van der Waals surface area contributed by atoms with Crippen molar-refractivity contribution in [2.75, 3.05) is 59.4 Å². The molecule has 2 rings (SSSR count). The predicted molar refractivity (Wildman–Crippen MR) is 105 cm³/mol. The van der Waals surface area contributed by atoms with E-state index >= 15 is 0 Å². The highest BCUT2D eigenvalue weighted by Crippen LogP contribution is 2.26. The number of nitrogens with one attached hydrogen (secondary N) is 2. The van der Waals surface area contributed by atoms with Crippen molar-refractivity contribution in [2.45, 2.75) is 26.2 Å². The van der Waals surface area contributed by atoms with Crippen molar-refractivity contribution in [1.29, 1.82) is 0 Å². The van der Waals surface area contributed by atoms with Crippen LogP contribution in [0.25, 0.3) is 0 Å². The van der Waals surface area contributed by atoms with Gasteiger partial charge in [0.1, 0.15) is 0 Å². The molecule has 24 heavy (non-hydrogen) atoms. The molecule has 0 aliphatic carbocycles. The van der Waals surface area contributed by atoms with Crippen LogP contribution in [0.1, 0.15) is 25.6 Å². The quantitative estimate of drug-likeness (QED) is 0.581. The number of aliphatic imine (C=N–C) groups is 1. The average molecular weight is 352 g/mol. The maximum absolute atomic E-state index is 4.35. The van der Waals surface area contributed by atoms with E-state index in [1.54, 1.807) is 0 Å². The lowest BCUT2D eigenvalue weighted by Crippen LogP contribution is -2.49. The van der Waals surface area contributed by atoms with Gasteiger partial charge in [0, 0.05) is 63.2 Å². The molecule has 0 aromatic carbocycles. The highest BCUT2D eigenvalue weighted by atomic mass is 32.1. The van der Waals surface area contributed by atoms with E-state index in [2.05, 4.69) is 63.7 Å². The monoisotopic (exact) mass is 351 g/mol. The van der Waals surface area contributed by atoms with Crippen LogP contribution in [0, 0.1) is 0 Å². The summed E-state index contributed by atoms with van der Waals surface area (Å²) in [7, 11) is 1.84. The van der Waals surface area contributed by atoms with Crippen LogP contribution in [0.2, 0.25) is 0 Å². The standard InChI is InChI=1S/C18H33N5S/c1-5-22-10-12-23(13-11-22)9-8-20-17(19-4)21-15-18(2,3)16-7-6-14-24-16/h6-7,14H,5,8-13,15H2,1-4H3,(H2,19,20,21). The predicted octanol–water partition coefficient (Wildman–Crippen LogP) is 1.83. The van der Waals surface area contributed by atoms with Crippen molar-refractivity contribution in [3.63, 3.8) is 0 Å². The van der Waals surface area contributed by atoms with Crippen LogP contribution in [0.5, 0.6) is 0 Å². The van der Waals surface area contributed by atoms with E-state index in [4.69, 9.17) is 0 Å². The van der Waals surface area contributed by atoms with Crippen molar-refractivity contribution in [3.8, 4) is 0 Å². The zero-order valence-electron chi connectivity index (χ0n) is 15.6. The highest BCUT2D eigenvalue weighted by molar-refractivity contribution is 7.10. The van der Waals surface area contributed by atoms with Gasteiger partial charge in [-0.1, -0.05) is 26.8 Å². The average Bonchev–Trinajstić information content (AvgIpc) is 3.14. The number of guanidine groups is 1. The Kier molecular flexibility index (Phi) is 7.52. The Morgan fingerprint density at radius 3 is 2.50 bits per heavy atom. The summed E-state index contributed by atoms with van der Waals surface area (Å²) in [6.45, 7) is 15.6. The molecule has 1 saturated heterocycles. The van der Waals surface area contributed by atoms with Gasteiger partial charge >= 0.3 is 0 Å². The van der Waals surface area contributed by atoms with E-state index in [0.717, 1.165) is 25.6 Å². The van der Waals surface area contributed by atoms with Crippen LogP contribution < -0.4 is 10.6 Å². The van der Waals surface area contributed by atoms with E-state index < -0.39 is 0 Å². The van der Waals surface area contributed by atoms with Crippen molar-refractivity contribution in [3.05, 3.63) is 22.4 Å². The van der Waals surface area contributed by atoms with Gasteiger partial charge in [-0.3, -0.25) is 9.89 Å². The second-order valence-electron chi connectivity index (χ2n) is 6.99. The minimum Gasteiger partial charge on any atom is -0.356 e. The van der Waals surface area contributed by atoms with Crippen LogP contribution in [0.15, 0.2) is 22.5 Å². The van der Waals surface area contributed by atoms with Gasteiger partial charge < -0.3 is 15.5 Å². The Morgan fingerprint density at radius 2 is 1.92 bits per heavy atom. The maximum Gasteiger partial charge on any atom is 0.191 e. The van der Waals surface area contributed by atoms with Gasteiger partial charge in [-0.15, -0.1) is 11.3 Å². The Hall–Kier alpha value is -1.11. The smallest absolute Gasteiger partial charge is 0.191 e. The van der Waals surface area contributed by atoms with E-state index in [9.17, 15) is 0 Å². The fraction of sp³-hybridized carbons (Fsp3) is 0.722. The van der Waals surface area contributed by atoms with Crippen LogP contribution >= 0.6 is 11.3 Å². The molecule has 0 radical (unpaired) electrons. The van der Waals surface area contributed by atoms with Gasteiger partial charge in [0.05, 0.1) is 0 Å². The molecule has 1 aromatic heterocycles. The normalized spacial score (nSPS) is 17.9. The summed E-state index contributed by atoms with van der Waals surface area (Å²) in [4.78, 5) is 10.8. The molecule has 136 valence electrons. The molecule has 2 N–H and O–H groups in total. The summed E-state index contributed by atoms with van der Waals surface area (Å²) in [6.07, 6.45) is 0. The molecule has 1 aliphatic heterocycles. The van der Waals surface area contributed by atoms with E-state index in [0.29, 0.717) is 0 Å². The zero-order valence-corrected chi connectivity index (χ0v) is 16.5. The molecule has 0 spiro atoms. The topological polar surface area (TPSA) is 42.9 Å². The summed E-state index contributed by atoms with van der Waals surface area (Å²) in [5.74, 6) is 0.895. The number of thiophene rings is 1. The summed E-state index contributed by atoms with van der Waals surface area (Å²) < 4.78 is 0. The van der Waals surface area contributed by atoms with Gasteiger partial charge in [-0.05, 0) is 18.0 Å². The Bertz CT molecular complexity index is 490. The fourth-order valence-electron chi connectivity index (χ4n) is 2.94. The molecule has 6 heteroatoms. The molecule has 5 nitrogen and oxygen atoms in total. The van der Waals surface area contributed by atoms with Crippen molar-refractivity contribution < 1.29 is 0 Å². The first-order valence-electron chi connectivity index (χ1n) is 8.98. The van der Waals surface area contributed by atoms with Gasteiger partial charge in [0.15, 0.2) is 5.96 Å². The van der Waals surface area contributed by atoms with Crippen molar-refractivity contribution in [2.24, 2.45) is 4.99 Å². The van der Waals surface area contributed by atoms with Crippen LogP contribution in [-0.2, 0) is 5.41 Å². The molecule has 1 aromatic rings. The summed E-state index contributed by atoms with van der Waals surface area (Å²) in [5, 5.41) is 9.06. The molecule has 0 unspecified atom stereocenters. The molecular weight excluding hydrogens is 318 g/mol. The third kappa shape index (κ3) is 5.76. The first kappa shape index (κ1) is 19.2. The first-order chi connectivity index (χ1) is 11.5. The molecule has 0 bridgehead atoms. The molecule has 1 fully saturated rings. The first-order valence-corrected chi connectivity index (χ1v) is 9.86. The van der Waals surface area contributed by atoms with Crippen LogP contribution in [0.3, 0.4) is 0 Å². The third-order valence-electron chi connectivity index (χ3n) is 4.74. The summed E-state index contributed by atoms with van der Waals surface area (Å²) in [6, 6.07) is 4.32. The summed E-state index contributed by atoms with van der Waals surface area (Å²) in [5.41, 5.74) is 0.113. The number of hydrogen-bond acceptors (Lipinski definition) is 4. The molecule has 0 saturated carbocycles. The van der Waals surface area contributed by atoms with Gasteiger partial charge in [0.25, 0.3) is 0 Å². The minimum atomic E-state index is 0.113. The number of piperazine rings is 1. The molecule has 0 amide bonds. The fourth-order valence-corrected chi connectivity index (χ4v) is 3.79. The second-order valence-corrected chi connectivity index (χ2v) is 7.94. The lowest BCUT2D eigenvalue weighted by Gasteiger charge is -2.34. The number of hydrogen-bond donors (Lipinski definition) is 2. The Labute approximate surface area is 151 Å². The minimum absolute atomic E-state index is 0.113. The number of likely N-dealkylation sites (N-methyl/N-ethyl adjacent to an activating group) is 1. The van der Waals surface area contributed by atoms with E-state index in [-0.39, 0.29) is 5.41 Å². The van der Waals surface area contributed by atoms with Crippen molar-refractivity contribution >= 4 is 17.3 Å². The van der Waals surface area contributed by atoms with Gasteiger partial charge in [-0.25, -0.2) is 0 Å². The van der Waals surface area contributed by atoms with Crippen LogP contribution in [0.4, 0.5) is 0 Å². The van der Waals surface area contributed by atoms with Gasteiger partial charge in [0.2, 0.25) is 0 Å². The number of nitrogens with zero attached hydrogens (tertiary/aromatic N) is 3. The SMILES string of the molecule is CCN1CCN(CCNC(=NC)NCC(C)(C)c2cccs2)CC1. The second kappa shape index (κ2) is 9.39. The molecule has 1 aliphatic rings. The Morgan fingerprint density at radius 1 is 1.21 bits per heavy atom. The number of rotatable bonds is 7. The zero-order chi connectivity index (χ0) is 17.4. The van der Waals surface area contributed by atoms with E-state index in [1.807, 2.05) is 18.4 Å². The third-order valence-corrected chi connectivity index (χ3v) is 5.98. The molecule has 2 heterocycles. The molecule has 0 atom stereocenters. The maximum atomic E-state index is 4.35. The van der Waals surface area contributed by atoms with Gasteiger partial charge in [-0.2, -0.15) is 0 Å². The van der Waals surface area contributed by atoms with Crippen LogP contribution in [-0.4, -0.2) is 75.2 Å². The lowest BCUT2D eigenvalue weighted by atomic mass is 9.91. The summed E-state index contributed by atoms with van der Waals surface area (Å²) >= 11 is 1.82. The largest absolute Gasteiger partial charge is 0.356 e. The van der Waals surface area contributed by atoms with Crippen molar-refractivity contribution in [1.82, 2.24) is 20.4 Å².